The zero-order valence-electron chi connectivity index (χ0n) is 20.4. The summed E-state index contributed by atoms with van der Waals surface area (Å²) in [5.41, 5.74) is 2.79. The molecule has 34 heavy (non-hydrogen) atoms. The van der Waals surface area contributed by atoms with E-state index in [2.05, 4.69) is 43.5 Å². The first kappa shape index (κ1) is 26.3. The molecule has 0 bridgehead atoms. The van der Waals surface area contributed by atoms with Gasteiger partial charge in [0.15, 0.2) is 5.11 Å². The van der Waals surface area contributed by atoms with Crippen molar-refractivity contribution in [1.82, 2.24) is 9.62 Å². The zero-order chi connectivity index (χ0) is 24.9. The lowest BCUT2D eigenvalue weighted by atomic mass is 9.96. The van der Waals surface area contributed by atoms with E-state index < -0.39 is 10.0 Å². The number of sulfonamides is 1. The van der Waals surface area contributed by atoms with Crippen molar-refractivity contribution >= 4 is 38.9 Å². The molecule has 1 amide bonds. The van der Waals surface area contributed by atoms with Crippen molar-refractivity contribution in [3.8, 4) is 0 Å². The third-order valence-electron chi connectivity index (χ3n) is 6.25. The average molecular weight is 502 g/mol. The fourth-order valence-corrected chi connectivity index (χ4v) is 5.72. The van der Waals surface area contributed by atoms with E-state index in [0.717, 1.165) is 24.8 Å². The number of anilines is 1. The number of thiocarbonyl (C=S) groups is 1. The van der Waals surface area contributed by atoms with E-state index in [4.69, 9.17) is 12.2 Å². The molecule has 1 aliphatic rings. The molecular weight excluding hydrogens is 466 g/mol. The van der Waals surface area contributed by atoms with E-state index >= 15 is 0 Å². The molecule has 1 heterocycles. The van der Waals surface area contributed by atoms with Crippen molar-refractivity contribution in [2.24, 2.45) is 11.8 Å². The Morgan fingerprint density at radius 2 is 1.62 bits per heavy atom. The van der Waals surface area contributed by atoms with E-state index in [9.17, 15) is 13.2 Å². The fourth-order valence-electron chi connectivity index (χ4n) is 4.03. The number of carbonyl (C=O) groups is 1. The molecular formula is C26H35N3O3S2. The molecule has 2 aromatic rings. The van der Waals surface area contributed by atoms with Crippen LogP contribution in [0.25, 0.3) is 0 Å². The first-order valence-corrected chi connectivity index (χ1v) is 13.7. The fraction of sp³-hybridized carbons (Fsp3) is 0.462. The lowest BCUT2D eigenvalue weighted by Gasteiger charge is -2.29. The number of benzene rings is 2. The Balaban J connectivity index is 1.55. The van der Waals surface area contributed by atoms with Gasteiger partial charge in [0, 0.05) is 18.8 Å². The third-order valence-corrected chi connectivity index (χ3v) is 8.36. The highest BCUT2D eigenvalue weighted by molar-refractivity contribution is 7.89. The second-order valence-corrected chi connectivity index (χ2v) is 12.0. The molecule has 1 aliphatic heterocycles. The molecule has 0 spiro atoms. The first-order chi connectivity index (χ1) is 16.1. The maximum Gasteiger partial charge on any atom is 0.243 e. The number of piperidine rings is 1. The van der Waals surface area contributed by atoms with Gasteiger partial charge in [-0.3, -0.25) is 4.79 Å². The highest BCUT2D eigenvalue weighted by atomic mass is 32.2. The largest absolute Gasteiger partial charge is 0.332 e. The molecule has 3 rings (SSSR count). The Morgan fingerprint density at radius 1 is 1.03 bits per heavy atom. The quantitative estimate of drug-likeness (QED) is 0.527. The van der Waals surface area contributed by atoms with E-state index in [0.29, 0.717) is 30.6 Å². The summed E-state index contributed by atoms with van der Waals surface area (Å²) >= 11 is 5.30. The summed E-state index contributed by atoms with van der Waals surface area (Å²) in [5, 5.41) is 5.87. The van der Waals surface area contributed by atoms with Crippen molar-refractivity contribution in [2.75, 3.05) is 18.4 Å². The van der Waals surface area contributed by atoms with Crippen LogP contribution in [0.4, 0.5) is 5.69 Å². The molecule has 8 heteroatoms. The lowest BCUT2D eigenvalue weighted by molar-refractivity contribution is -0.120. The summed E-state index contributed by atoms with van der Waals surface area (Å²) < 4.78 is 27.3. The van der Waals surface area contributed by atoms with Crippen LogP contribution in [0.3, 0.4) is 0 Å². The Labute approximate surface area is 209 Å². The topological polar surface area (TPSA) is 78.5 Å². The van der Waals surface area contributed by atoms with Crippen LogP contribution in [0.5, 0.6) is 0 Å². The number of nitrogens with one attached hydrogen (secondary N) is 2. The van der Waals surface area contributed by atoms with Gasteiger partial charge in [-0.2, -0.15) is 4.31 Å². The van der Waals surface area contributed by atoms with E-state index in [-0.39, 0.29) is 21.8 Å². The minimum Gasteiger partial charge on any atom is -0.332 e. The van der Waals surface area contributed by atoms with Crippen LogP contribution in [0.15, 0.2) is 53.4 Å². The maximum absolute atomic E-state index is 12.9. The standard InChI is InChI=1S/C26H35N3O3S2/c1-18(2)17-21-5-7-22(8-6-21)20(4)25(30)28-26(33)27-23-9-11-24(12-10-23)34(31,32)29-15-13-19(3)14-16-29/h5-12,18-20H,13-17H2,1-4H3,(H2,27,28,30,33). The molecule has 1 saturated heterocycles. The summed E-state index contributed by atoms with van der Waals surface area (Å²) in [6, 6.07) is 14.6. The van der Waals surface area contributed by atoms with E-state index in [1.807, 2.05) is 19.1 Å². The zero-order valence-corrected chi connectivity index (χ0v) is 22.0. The van der Waals surface area contributed by atoms with Crippen molar-refractivity contribution in [3.63, 3.8) is 0 Å². The Morgan fingerprint density at radius 3 is 2.18 bits per heavy atom. The normalized spacial score (nSPS) is 16.3. The molecule has 0 aliphatic carbocycles. The summed E-state index contributed by atoms with van der Waals surface area (Å²) in [6.07, 6.45) is 2.77. The van der Waals surface area contributed by atoms with Gasteiger partial charge in [0.1, 0.15) is 0 Å². The van der Waals surface area contributed by atoms with Gasteiger partial charge in [-0.25, -0.2) is 8.42 Å². The monoisotopic (exact) mass is 501 g/mol. The van der Waals surface area contributed by atoms with Gasteiger partial charge in [-0.15, -0.1) is 0 Å². The van der Waals surface area contributed by atoms with Crippen molar-refractivity contribution in [2.45, 2.75) is 57.8 Å². The van der Waals surface area contributed by atoms with Crippen LogP contribution in [0, 0.1) is 11.8 Å². The lowest BCUT2D eigenvalue weighted by Crippen LogP contribution is -2.38. The number of hydrogen-bond donors (Lipinski definition) is 2. The Kier molecular flexibility index (Phi) is 8.84. The van der Waals surface area contributed by atoms with Crippen molar-refractivity contribution in [3.05, 3.63) is 59.7 Å². The summed E-state index contributed by atoms with van der Waals surface area (Å²) in [5.74, 6) is 0.583. The number of amides is 1. The van der Waals surface area contributed by atoms with Crippen LogP contribution in [0.2, 0.25) is 0 Å². The van der Waals surface area contributed by atoms with Gasteiger partial charge >= 0.3 is 0 Å². The highest BCUT2D eigenvalue weighted by Crippen LogP contribution is 2.24. The minimum atomic E-state index is -3.50. The number of hydrogen-bond acceptors (Lipinski definition) is 4. The van der Waals surface area contributed by atoms with Crippen molar-refractivity contribution < 1.29 is 13.2 Å². The molecule has 0 radical (unpaired) electrons. The summed E-state index contributed by atoms with van der Waals surface area (Å²) in [7, 11) is -3.50. The maximum atomic E-state index is 12.9. The molecule has 1 unspecified atom stereocenters. The Hall–Kier alpha value is -2.29. The van der Waals surface area contributed by atoms with E-state index in [1.54, 1.807) is 28.6 Å². The molecule has 0 aromatic heterocycles. The van der Waals surface area contributed by atoms with Crippen LogP contribution in [-0.2, 0) is 21.2 Å². The van der Waals surface area contributed by atoms with E-state index in [1.165, 1.54) is 5.56 Å². The molecule has 0 saturated carbocycles. The second kappa shape index (κ2) is 11.4. The Bertz CT molecular complexity index is 1090. The van der Waals surface area contributed by atoms with Crippen LogP contribution in [0.1, 0.15) is 57.6 Å². The van der Waals surface area contributed by atoms with Gasteiger partial charge in [-0.1, -0.05) is 45.0 Å². The van der Waals surface area contributed by atoms with Crippen LogP contribution < -0.4 is 10.6 Å². The van der Waals surface area contributed by atoms with Gasteiger partial charge in [0.05, 0.1) is 10.8 Å². The van der Waals surface area contributed by atoms with Crippen LogP contribution >= 0.6 is 12.2 Å². The van der Waals surface area contributed by atoms with Crippen LogP contribution in [-0.4, -0.2) is 36.8 Å². The highest BCUT2D eigenvalue weighted by Gasteiger charge is 2.28. The van der Waals surface area contributed by atoms with Gasteiger partial charge in [-0.05, 0) is 85.6 Å². The predicted molar refractivity (Wildman–Crippen MR) is 141 cm³/mol. The van der Waals surface area contributed by atoms with Gasteiger partial charge in [0.2, 0.25) is 15.9 Å². The molecule has 2 aromatic carbocycles. The smallest absolute Gasteiger partial charge is 0.243 e. The summed E-state index contributed by atoms with van der Waals surface area (Å²) in [6.45, 7) is 9.46. The average Bonchev–Trinajstić information content (AvgIpc) is 2.79. The van der Waals surface area contributed by atoms with Gasteiger partial charge < -0.3 is 10.6 Å². The third kappa shape index (κ3) is 6.87. The number of carbonyl (C=O) groups excluding carboxylic acids is 1. The molecule has 184 valence electrons. The number of nitrogens with zero attached hydrogens (tertiary/aromatic N) is 1. The van der Waals surface area contributed by atoms with Gasteiger partial charge in [0.25, 0.3) is 0 Å². The molecule has 1 fully saturated rings. The molecule has 6 nitrogen and oxygen atoms in total. The van der Waals surface area contributed by atoms with Crippen molar-refractivity contribution in [1.29, 1.82) is 0 Å². The molecule has 2 N–H and O–H groups in total. The number of rotatable bonds is 7. The first-order valence-electron chi connectivity index (χ1n) is 11.9. The summed E-state index contributed by atoms with van der Waals surface area (Å²) in [4.78, 5) is 12.9. The minimum absolute atomic E-state index is 0.175. The molecule has 1 atom stereocenters. The second-order valence-electron chi connectivity index (χ2n) is 9.62. The SMILES string of the molecule is CC(C)Cc1ccc(C(C)C(=O)NC(=S)Nc2ccc(S(=O)(=O)N3CCC(C)CC3)cc2)cc1. The predicted octanol–water partition coefficient (Wildman–Crippen LogP) is 4.92.